The molecule has 0 aliphatic carbocycles. The second-order valence-corrected chi connectivity index (χ2v) is 7.38. The largest absolute Gasteiger partial charge is 0.460 e. The minimum absolute atomic E-state index is 0.157. The molecule has 1 aliphatic heterocycles. The Morgan fingerprint density at radius 1 is 1.22 bits per heavy atom. The molecule has 1 rings (SSSR count). The molecular formula is C17H32N2O4. The minimum atomic E-state index is -0.643. The highest BCUT2D eigenvalue weighted by Gasteiger charge is 2.44. The lowest BCUT2D eigenvalue weighted by Gasteiger charge is -2.26. The van der Waals surface area contributed by atoms with E-state index in [1.54, 1.807) is 0 Å². The second-order valence-electron chi connectivity index (χ2n) is 7.38. The molecule has 1 atom stereocenters. The van der Waals surface area contributed by atoms with E-state index in [0.717, 1.165) is 25.7 Å². The molecule has 6 heteroatoms. The van der Waals surface area contributed by atoms with Gasteiger partial charge < -0.3 is 10.1 Å². The first kappa shape index (κ1) is 21.4. The molecular weight excluding hydrogens is 296 g/mol. The van der Waals surface area contributed by atoms with Gasteiger partial charge in [-0.05, 0) is 46.0 Å². The van der Waals surface area contributed by atoms with Gasteiger partial charge in [0.05, 0.1) is 0 Å². The lowest BCUT2D eigenvalue weighted by molar-refractivity contribution is -0.151. The fourth-order valence-corrected chi connectivity index (χ4v) is 2.40. The molecule has 0 radical (unpaired) electrons. The van der Waals surface area contributed by atoms with Crippen molar-refractivity contribution in [3.63, 3.8) is 0 Å². The first-order chi connectivity index (χ1) is 10.4. The first-order valence-corrected chi connectivity index (χ1v) is 8.25. The number of imide groups is 1. The smallest absolute Gasteiger partial charge is 0.322 e. The van der Waals surface area contributed by atoms with Crippen molar-refractivity contribution in [2.24, 2.45) is 5.92 Å². The molecule has 1 unspecified atom stereocenters. The fraction of sp³-hybridized carbons (Fsp3) is 0.824. The van der Waals surface area contributed by atoms with Crippen LogP contribution in [0.15, 0.2) is 0 Å². The third-order valence-electron chi connectivity index (χ3n) is 3.29. The van der Waals surface area contributed by atoms with Crippen LogP contribution in [0.25, 0.3) is 0 Å². The van der Waals surface area contributed by atoms with E-state index < -0.39 is 5.54 Å². The van der Waals surface area contributed by atoms with Crippen molar-refractivity contribution in [1.82, 2.24) is 10.6 Å². The van der Waals surface area contributed by atoms with Gasteiger partial charge >= 0.3 is 12.0 Å². The van der Waals surface area contributed by atoms with Gasteiger partial charge in [-0.2, -0.15) is 0 Å². The normalized spacial score (nSPS) is 20.5. The van der Waals surface area contributed by atoms with Crippen LogP contribution in [0.2, 0.25) is 0 Å². The van der Waals surface area contributed by atoms with E-state index in [4.69, 9.17) is 4.74 Å². The van der Waals surface area contributed by atoms with E-state index in [1.165, 1.54) is 6.92 Å². The summed E-state index contributed by atoms with van der Waals surface area (Å²) in [7, 11) is 0. The van der Waals surface area contributed by atoms with Crippen molar-refractivity contribution < 1.29 is 19.1 Å². The predicted octanol–water partition coefficient (Wildman–Crippen LogP) is 3.15. The molecule has 0 spiro atoms. The number of rotatable bonds is 5. The summed E-state index contributed by atoms with van der Waals surface area (Å²) in [6, 6.07) is -0.350. The van der Waals surface area contributed by atoms with Gasteiger partial charge in [0.15, 0.2) is 0 Å². The molecule has 0 aromatic carbocycles. The number of carbonyl (C=O) groups is 3. The molecule has 134 valence electrons. The minimum Gasteiger partial charge on any atom is -0.460 e. The molecule has 2 N–H and O–H groups in total. The first-order valence-electron chi connectivity index (χ1n) is 8.25. The number of hydrogen-bond donors (Lipinski definition) is 2. The second kappa shape index (κ2) is 8.89. The Morgan fingerprint density at radius 2 is 1.78 bits per heavy atom. The SMILES string of the molecule is CC(=O)OC(C)(C)C.CCCC1(CCC(C)C)NC(=O)NC1=O. The van der Waals surface area contributed by atoms with Crippen LogP contribution in [0.4, 0.5) is 4.79 Å². The highest BCUT2D eigenvalue weighted by atomic mass is 16.6. The summed E-state index contributed by atoms with van der Waals surface area (Å²) in [6.07, 6.45) is 3.30. The lowest BCUT2D eigenvalue weighted by Crippen LogP contribution is -2.46. The molecule has 3 amide bonds. The lowest BCUT2D eigenvalue weighted by atomic mass is 9.86. The van der Waals surface area contributed by atoms with Crippen molar-refractivity contribution >= 4 is 17.9 Å². The van der Waals surface area contributed by atoms with Gasteiger partial charge in [0, 0.05) is 6.92 Å². The van der Waals surface area contributed by atoms with E-state index in [-0.39, 0.29) is 23.5 Å². The van der Waals surface area contributed by atoms with Crippen molar-refractivity contribution in [3.05, 3.63) is 0 Å². The summed E-state index contributed by atoms with van der Waals surface area (Å²) in [5.74, 6) is 0.163. The Kier molecular flexibility index (Phi) is 8.28. The number of nitrogens with one attached hydrogen (secondary N) is 2. The van der Waals surface area contributed by atoms with Gasteiger partial charge in [0.2, 0.25) is 0 Å². The zero-order chi connectivity index (χ0) is 18.3. The van der Waals surface area contributed by atoms with Crippen LogP contribution in [-0.4, -0.2) is 29.0 Å². The Hall–Kier alpha value is -1.59. The molecule has 23 heavy (non-hydrogen) atoms. The number of carbonyl (C=O) groups excluding carboxylic acids is 3. The van der Waals surface area contributed by atoms with Gasteiger partial charge in [0.1, 0.15) is 11.1 Å². The van der Waals surface area contributed by atoms with E-state index in [2.05, 4.69) is 24.5 Å². The van der Waals surface area contributed by atoms with Crippen molar-refractivity contribution in [3.8, 4) is 0 Å². The van der Waals surface area contributed by atoms with Crippen LogP contribution in [0.1, 0.15) is 74.1 Å². The topological polar surface area (TPSA) is 84.5 Å². The Labute approximate surface area is 139 Å². The number of amides is 3. The van der Waals surface area contributed by atoms with Crippen molar-refractivity contribution in [1.29, 1.82) is 0 Å². The summed E-state index contributed by atoms with van der Waals surface area (Å²) < 4.78 is 4.80. The third-order valence-corrected chi connectivity index (χ3v) is 3.29. The average Bonchev–Trinajstić information content (AvgIpc) is 2.60. The van der Waals surface area contributed by atoms with Gasteiger partial charge in [-0.1, -0.05) is 27.2 Å². The molecule has 1 saturated heterocycles. The van der Waals surface area contributed by atoms with Crippen LogP contribution in [-0.2, 0) is 14.3 Å². The zero-order valence-electron chi connectivity index (χ0n) is 15.5. The maximum atomic E-state index is 11.7. The molecule has 6 nitrogen and oxygen atoms in total. The standard InChI is InChI=1S/C11H20N2O2.C6H12O2/c1-4-6-11(7-5-8(2)3)9(14)12-10(15)13-11;1-5(7)8-6(2,3)4/h8H,4-7H2,1-3H3,(H2,12,13,14,15);1-4H3. The van der Waals surface area contributed by atoms with Crippen LogP contribution in [0.3, 0.4) is 0 Å². The zero-order valence-corrected chi connectivity index (χ0v) is 15.5. The van der Waals surface area contributed by atoms with Gasteiger partial charge in [-0.15, -0.1) is 0 Å². The van der Waals surface area contributed by atoms with Gasteiger partial charge in [-0.25, -0.2) is 4.79 Å². The van der Waals surface area contributed by atoms with E-state index >= 15 is 0 Å². The fourth-order valence-electron chi connectivity index (χ4n) is 2.40. The third kappa shape index (κ3) is 8.57. The molecule has 0 aromatic heterocycles. The Morgan fingerprint density at radius 3 is 2.04 bits per heavy atom. The monoisotopic (exact) mass is 328 g/mol. The number of ether oxygens (including phenoxy) is 1. The van der Waals surface area contributed by atoms with E-state index in [0.29, 0.717) is 5.92 Å². The molecule has 1 fully saturated rings. The van der Waals surface area contributed by atoms with Crippen LogP contribution in [0.5, 0.6) is 0 Å². The summed E-state index contributed by atoms with van der Waals surface area (Å²) in [6.45, 7) is 13.2. The number of hydrogen-bond acceptors (Lipinski definition) is 4. The molecule has 1 aliphatic rings. The van der Waals surface area contributed by atoms with Crippen molar-refractivity contribution in [2.45, 2.75) is 85.3 Å². The van der Waals surface area contributed by atoms with Crippen LogP contribution < -0.4 is 10.6 Å². The highest BCUT2D eigenvalue weighted by Crippen LogP contribution is 2.25. The Bertz CT molecular complexity index is 427. The highest BCUT2D eigenvalue weighted by molar-refractivity contribution is 6.06. The summed E-state index contributed by atoms with van der Waals surface area (Å²) in [4.78, 5) is 33.1. The average molecular weight is 328 g/mol. The van der Waals surface area contributed by atoms with E-state index in [9.17, 15) is 14.4 Å². The van der Waals surface area contributed by atoms with Crippen LogP contribution >= 0.6 is 0 Å². The van der Waals surface area contributed by atoms with Gasteiger partial charge in [-0.3, -0.25) is 14.9 Å². The number of esters is 1. The summed E-state index contributed by atoms with van der Waals surface area (Å²) in [5.41, 5.74) is -0.970. The summed E-state index contributed by atoms with van der Waals surface area (Å²) >= 11 is 0. The molecule has 0 bridgehead atoms. The van der Waals surface area contributed by atoms with E-state index in [1.807, 2.05) is 27.7 Å². The molecule has 0 saturated carbocycles. The number of urea groups is 1. The quantitative estimate of drug-likeness (QED) is 0.600. The van der Waals surface area contributed by atoms with Crippen LogP contribution in [0, 0.1) is 5.92 Å². The Balaban J connectivity index is 0.000000515. The van der Waals surface area contributed by atoms with Crippen molar-refractivity contribution in [2.75, 3.05) is 0 Å². The molecule has 0 aromatic rings. The maximum absolute atomic E-state index is 11.7. The van der Waals surface area contributed by atoms with Gasteiger partial charge in [0.25, 0.3) is 5.91 Å². The maximum Gasteiger partial charge on any atom is 0.322 e. The summed E-state index contributed by atoms with van der Waals surface area (Å²) in [5, 5.41) is 5.10. The predicted molar refractivity (Wildman–Crippen MR) is 89.9 cm³/mol. The molecule has 1 heterocycles.